The van der Waals surface area contributed by atoms with Crippen molar-refractivity contribution in [2.45, 2.75) is 25.2 Å². The van der Waals surface area contributed by atoms with Crippen molar-refractivity contribution >= 4 is 27.5 Å². The second-order valence-electron chi connectivity index (χ2n) is 8.32. The molecule has 1 aliphatic rings. The largest absolute Gasteiger partial charge is 0.338 e. The van der Waals surface area contributed by atoms with Crippen molar-refractivity contribution in [2.75, 3.05) is 32.0 Å². The molecule has 0 spiro atoms. The maximum absolute atomic E-state index is 13.1. The fourth-order valence-corrected chi connectivity index (χ4v) is 5.18. The molecule has 166 valence electrons. The van der Waals surface area contributed by atoms with Gasteiger partial charge in [-0.05, 0) is 42.5 Å². The molecule has 0 radical (unpaired) electrons. The number of para-hydroxylation sites is 1. The molecule has 8 heteroatoms. The van der Waals surface area contributed by atoms with Crippen LogP contribution in [0.15, 0.2) is 59.5 Å². The Kier molecular flexibility index (Phi) is 7.12. The zero-order valence-corrected chi connectivity index (χ0v) is 18.9. The predicted octanol–water partition coefficient (Wildman–Crippen LogP) is 3.06. The van der Waals surface area contributed by atoms with Gasteiger partial charge in [0.15, 0.2) is 0 Å². The van der Waals surface area contributed by atoms with E-state index < -0.39 is 15.9 Å². The molecule has 2 aromatic carbocycles. The Hall–Kier alpha value is -2.71. The number of piperidine rings is 1. The molecule has 3 rings (SSSR count). The maximum atomic E-state index is 13.1. The van der Waals surface area contributed by atoms with Gasteiger partial charge in [-0.3, -0.25) is 9.59 Å². The Morgan fingerprint density at radius 1 is 1.00 bits per heavy atom. The Bertz CT molecular complexity index is 1030. The summed E-state index contributed by atoms with van der Waals surface area (Å²) in [5, 5.41) is 2.71. The Morgan fingerprint density at radius 3 is 2.23 bits per heavy atom. The van der Waals surface area contributed by atoms with Crippen molar-refractivity contribution in [3.05, 3.63) is 60.2 Å². The molecular weight excluding hydrogens is 414 g/mol. The summed E-state index contributed by atoms with van der Waals surface area (Å²) in [6.45, 7) is 5.27. The minimum Gasteiger partial charge on any atom is -0.338 e. The van der Waals surface area contributed by atoms with E-state index in [2.05, 4.69) is 19.2 Å². The van der Waals surface area contributed by atoms with Crippen LogP contribution in [0.2, 0.25) is 0 Å². The zero-order valence-electron chi connectivity index (χ0n) is 18.1. The van der Waals surface area contributed by atoms with E-state index in [1.165, 1.54) is 19.2 Å². The third kappa shape index (κ3) is 5.51. The standard InChI is InChI=1S/C23H29N3O4S/c1-17-13-18(2)15-26(14-17)23(28)20-11-7-8-12-21(20)24-22(27)16-25(3)31(29,30)19-9-5-4-6-10-19/h4-12,17-18H,13-16H2,1-3H3,(H,24,27). The highest BCUT2D eigenvalue weighted by molar-refractivity contribution is 7.89. The smallest absolute Gasteiger partial charge is 0.255 e. The molecule has 0 saturated carbocycles. The lowest BCUT2D eigenvalue weighted by atomic mass is 9.91. The van der Waals surface area contributed by atoms with Crippen LogP contribution in [0.3, 0.4) is 0 Å². The lowest BCUT2D eigenvalue weighted by Gasteiger charge is -2.35. The highest BCUT2D eigenvalue weighted by atomic mass is 32.2. The molecule has 1 heterocycles. The second kappa shape index (κ2) is 9.62. The lowest BCUT2D eigenvalue weighted by Crippen LogP contribution is -2.43. The minimum atomic E-state index is -3.78. The van der Waals surface area contributed by atoms with Crippen molar-refractivity contribution < 1.29 is 18.0 Å². The number of nitrogens with zero attached hydrogens (tertiary/aromatic N) is 2. The third-order valence-corrected chi connectivity index (χ3v) is 7.22. The number of carbonyl (C=O) groups excluding carboxylic acids is 2. The van der Waals surface area contributed by atoms with Crippen LogP contribution in [0.25, 0.3) is 0 Å². The van der Waals surface area contributed by atoms with E-state index in [1.807, 2.05) is 4.90 Å². The molecule has 1 aliphatic heterocycles. The molecule has 1 fully saturated rings. The van der Waals surface area contributed by atoms with Gasteiger partial charge in [0, 0.05) is 20.1 Å². The summed E-state index contributed by atoms with van der Waals surface area (Å²) in [4.78, 5) is 27.7. The summed E-state index contributed by atoms with van der Waals surface area (Å²) < 4.78 is 26.3. The summed E-state index contributed by atoms with van der Waals surface area (Å²) >= 11 is 0. The molecule has 1 N–H and O–H groups in total. The molecule has 0 aliphatic carbocycles. The summed E-state index contributed by atoms with van der Waals surface area (Å²) in [6.07, 6.45) is 1.09. The lowest BCUT2D eigenvalue weighted by molar-refractivity contribution is -0.116. The number of hydrogen-bond donors (Lipinski definition) is 1. The predicted molar refractivity (Wildman–Crippen MR) is 120 cm³/mol. The van der Waals surface area contributed by atoms with Crippen molar-refractivity contribution in [1.29, 1.82) is 0 Å². The van der Waals surface area contributed by atoms with Crippen LogP contribution in [-0.4, -0.2) is 56.1 Å². The first-order valence-corrected chi connectivity index (χ1v) is 11.8. The van der Waals surface area contributed by atoms with E-state index in [4.69, 9.17) is 0 Å². The number of sulfonamides is 1. The summed E-state index contributed by atoms with van der Waals surface area (Å²) in [5.74, 6) is 0.208. The first-order valence-electron chi connectivity index (χ1n) is 10.4. The van der Waals surface area contributed by atoms with Crippen LogP contribution >= 0.6 is 0 Å². The fraction of sp³-hybridized carbons (Fsp3) is 0.391. The van der Waals surface area contributed by atoms with E-state index in [1.54, 1.807) is 42.5 Å². The van der Waals surface area contributed by atoms with Crippen molar-refractivity contribution in [2.24, 2.45) is 11.8 Å². The SMILES string of the molecule is CC1CC(C)CN(C(=O)c2ccccc2NC(=O)CN(C)S(=O)(=O)c2ccccc2)C1. The second-order valence-corrected chi connectivity index (χ2v) is 10.4. The van der Waals surface area contributed by atoms with Gasteiger partial charge < -0.3 is 10.2 Å². The molecule has 2 aromatic rings. The topological polar surface area (TPSA) is 86.8 Å². The van der Waals surface area contributed by atoms with Crippen LogP contribution < -0.4 is 5.32 Å². The Labute approximate surface area is 184 Å². The molecule has 31 heavy (non-hydrogen) atoms. The molecular formula is C23H29N3O4S. The molecule has 0 aromatic heterocycles. The number of likely N-dealkylation sites (tertiary alicyclic amines) is 1. The zero-order chi connectivity index (χ0) is 22.6. The minimum absolute atomic E-state index is 0.120. The molecule has 0 bridgehead atoms. The van der Waals surface area contributed by atoms with Gasteiger partial charge in [0.1, 0.15) is 0 Å². The number of benzene rings is 2. The average Bonchev–Trinajstić information content (AvgIpc) is 2.73. The number of anilines is 1. The number of carbonyl (C=O) groups is 2. The number of amides is 2. The quantitative estimate of drug-likeness (QED) is 0.743. The normalized spacial score (nSPS) is 19.3. The van der Waals surface area contributed by atoms with Crippen LogP contribution in [0.1, 0.15) is 30.6 Å². The van der Waals surface area contributed by atoms with Gasteiger partial charge in [0.2, 0.25) is 15.9 Å². The maximum Gasteiger partial charge on any atom is 0.255 e. The van der Waals surface area contributed by atoms with Gasteiger partial charge in [-0.1, -0.05) is 44.2 Å². The summed E-state index contributed by atoms with van der Waals surface area (Å²) in [6, 6.07) is 14.8. The van der Waals surface area contributed by atoms with E-state index in [0.717, 1.165) is 10.7 Å². The average molecular weight is 444 g/mol. The van der Waals surface area contributed by atoms with Gasteiger partial charge in [0.05, 0.1) is 22.7 Å². The van der Waals surface area contributed by atoms with Gasteiger partial charge in [0.25, 0.3) is 5.91 Å². The summed E-state index contributed by atoms with van der Waals surface area (Å²) in [5.41, 5.74) is 0.791. The first-order chi connectivity index (χ1) is 14.7. The van der Waals surface area contributed by atoms with Crippen LogP contribution in [0, 0.1) is 11.8 Å². The number of nitrogens with one attached hydrogen (secondary N) is 1. The van der Waals surface area contributed by atoms with Crippen molar-refractivity contribution in [1.82, 2.24) is 9.21 Å². The third-order valence-electron chi connectivity index (χ3n) is 5.41. The van der Waals surface area contributed by atoms with E-state index >= 15 is 0 Å². The number of rotatable bonds is 6. The van der Waals surface area contributed by atoms with Crippen molar-refractivity contribution in [3.63, 3.8) is 0 Å². The number of hydrogen-bond acceptors (Lipinski definition) is 4. The van der Waals surface area contributed by atoms with E-state index in [0.29, 0.717) is 36.2 Å². The molecule has 2 unspecified atom stereocenters. The van der Waals surface area contributed by atoms with Gasteiger partial charge in [-0.2, -0.15) is 4.31 Å². The van der Waals surface area contributed by atoms with E-state index in [-0.39, 0.29) is 17.3 Å². The van der Waals surface area contributed by atoms with Crippen molar-refractivity contribution in [3.8, 4) is 0 Å². The molecule has 2 amide bonds. The molecule has 7 nitrogen and oxygen atoms in total. The van der Waals surface area contributed by atoms with Crippen LogP contribution in [0.5, 0.6) is 0 Å². The molecule has 1 saturated heterocycles. The van der Waals surface area contributed by atoms with Gasteiger partial charge in [-0.25, -0.2) is 8.42 Å². The first kappa shape index (κ1) is 23.0. The Morgan fingerprint density at radius 2 is 1.58 bits per heavy atom. The molecule has 2 atom stereocenters. The van der Waals surface area contributed by atoms with Crippen LogP contribution in [-0.2, 0) is 14.8 Å². The summed E-state index contributed by atoms with van der Waals surface area (Å²) in [7, 11) is -2.43. The van der Waals surface area contributed by atoms with Crippen LogP contribution in [0.4, 0.5) is 5.69 Å². The highest BCUT2D eigenvalue weighted by Crippen LogP contribution is 2.25. The van der Waals surface area contributed by atoms with E-state index in [9.17, 15) is 18.0 Å². The monoisotopic (exact) mass is 443 g/mol. The van der Waals surface area contributed by atoms with Gasteiger partial charge in [-0.15, -0.1) is 0 Å². The fourth-order valence-electron chi connectivity index (χ4n) is 4.03. The highest BCUT2D eigenvalue weighted by Gasteiger charge is 2.28. The van der Waals surface area contributed by atoms with Gasteiger partial charge >= 0.3 is 0 Å². The number of likely N-dealkylation sites (N-methyl/N-ethyl adjacent to an activating group) is 1. The Balaban J connectivity index is 1.72.